The van der Waals surface area contributed by atoms with Gasteiger partial charge in [-0.05, 0) is 113 Å². The summed E-state index contributed by atoms with van der Waals surface area (Å²) in [6.07, 6.45) is 0. The lowest BCUT2D eigenvalue weighted by Crippen LogP contribution is -1.91. The van der Waals surface area contributed by atoms with Crippen LogP contribution in [0.5, 0.6) is 0 Å². The molecule has 12 rings (SSSR count). The number of fused-ring (bicyclic) bond motifs is 11. The minimum Gasteiger partial charge on any atom is -0.456 e. The summed E-state index contributed by atoms with van der Waals surface area (Å²) >= 11 is 1.87. The number of furan rings is 1. The van der Waals surface area contributed by atoms with Crippen LogP contribution in [-0.4, -0.2) is 0 Å². The van der Waals surface area contributed by atoms with Crippen LogP contribution in [-0.2, 0) is 0 Å². The van der Waals surface area contributed by atoms with Crippen molar-refractivity contribution in [2.45, 2.75) is 0 Å². The van der Waals surface area contributed by atoms with Gasteiger partial charge in [-0.15, -0.1) is 11.3 Å². The summed E-state index contributed by atoms with van der Waals surface area (Å²) in [7, 11) is 0. The lowest BCUT2D eigenvalue weighted by molar-refractivity contribution is 0.669. The first-order valence-corrected chi connectivity index (χ1v) is 19.3. The zero-order valence-corrected chi connectivity index (χ0v) is 30.0. The third kappa shape index (κ3) is 4.26. The smallest absolute Gasteiger partial charge is 0.136 e. The van der Waals surface area contributed by atoms with Crippen LogP contribution in [0.25, 0.3) is 119 Å². The first-order valence-electron chi connectivity index (χ1n) is 18.5. The lowest BCUT2D eigenvalue weighted by Gasteiger charge is -2.18. The first kappa shape index (κ1) is 29.8. The maximum atomic E-state index is 6.79. The average Bonchev–Trinajstić information content (AvgIpc) is 3.80. The van der Waals surface area contributed by atoms with Crippen molar-refractivity contribution in [3.63, 3.8) is 0 Å². The van der Waals surface area contributed by atoms with Gasteiger partial charge in [0.15, 0.2) is 0 Å². The molecule has 12 aromatic rings. The predicted octanol–water partition coefficient (Wildman–Crippen LogP) is 15.6. The van der Waals surface area contributed by atoms with Gasteiger partial charge in [-0.3, -0.25) is 0 Å². The predicted molar refractivity (Wildman–Crippen MR) is 233 cm³/mol. The normalized spacial score (nSPS) is 12.1. The maximum absolute atomic E-state index is 6.79. The highest BCUT2D eigenvalue weighted by molar-refractivity contribution is 7.26. The Morgan fingerprint density at radius 2 is 0.852 bits per heavy atom. The third-order valence-corrected chi connectivity index (χ3v) is 12.6. The standard InChI is InChI=1S/C52H30OS/c1-2-14-34-31(12-1)13-11-22-38(34)51-42-19-7-5-17-40(42)50(41-18-6-8-20-43(41)51)33-25-27-37-36-26-24-32(28-46(36)53-47(37)29-33)45-30-49-52(39-16-4-3-15-35(39)45)44-21-9-10-23-48(44)54-49/h1-30H. The van der Waals surface area contributed by atoms with Crippen LogP contribution in [0.4, 0.5) is 0 Å². The van der Waals surface area contributed by atoms with Gasteiger partial charge in [0.2, 0.25) is 0 Å². The van der Waals surface area contributed by atoms with Crippen LogP contribution in [0.1, 0.15) is 0 Å². The Labute approximate surface area is 314 Å². The van der Waals surface area contributed by atoms with Gasteiger partial charge in [-0.1, -0.05) is 146 Å². The van der Waals surface area contributed by atoms with Gasteiger partial charge in [0, 0.05) is 30.9 Å². The summed E-state index contributed by atoms with van der Waals surface area (Å²) in [5.41, 5.74) is 9.12. The van der Waals surface area contributed by atoms with Crippen molar-refractivity contribution in [1.29, 1.82) is 0 Å². The summed E-state index contributed by atoms with van der Waals surface area (Å²) < 4.78 is 9.42. The molecule has 0 aliphatic rings. The van der Waals surface area contributed by atoms with E-state index in [9.17, 15) is 0 Å². The second-order valence-electron chi connectivity index (χ2n) is 14.3. The van der Waals surface area contributed by atoms with E-state index < -0.39 is 0 Å². The van der Waals surface area contributed by atoms with E-state index in [1.807, 2.05) is 11.3 Å². The van der Waals surface area contributed by atoms with Crippen LogP contribution >= 0.6 is 11.3 Å². The molecule has 0 aliphatic carbocycles. The van der Waals surface area contributed by atoms with Crippen molar-refractivity contribution in [2.24, 2.45) is 0 Å². The summed E-state index contributed by atoms with van der Waals surface area (Å²) in [6.45, 7) is 0. The third-order valence-electron chi connectivity index (χ3n) is 11.4. The summed E-state index contributed by atoms with van der Waals surface area (Å²) in [5, 5.41) is 15.0. The lowest BCUT2D eigenvalue weighted by atomic mass is 9.84. The van der Waals surface area contributed by atoms with Gasteiger partial charge in [0.05, 0.1) is 0 Å². The molecule has 0 N–H and O–H groups in total. The number of hydrogen-bond donors (Lipinski definition) is 0. The monoisotopic (exact) mass is 702 g/mol. The Hall–Kier alpha value is -6.74. The maximum Gasteiger partial charge on any atom is 0.136 e. The number of thiophene rings is 1. The highest BCUT2D eigenvalue weighted by Gasteiger charge is 2.20. The van der Waals surface area contributed by atoms with E-state index in [0.717, 1.165) is 27.5 Å². The molecule has 0 radical (unpaired) electrons. The minimum absolute atomic E-state index is 0.899. The van der Waals surface area contributed by atoms with E-state index in [1.54, 1.807) is 0 Å². The van der Waals surface area contributed by atoms with E-state index in [1.165, 1.54) is 91.1 Å². The second kappa shape index (κ2) is 11.4. The molecule has 0 aliphatic heterocycles. The number of hydrogen-bond acceptors (Lipinski definition) is 2. The van der Waals surface area contributed by atoms with Crippen LogP contribution in [0.3, 0.4) is 0 Å². The molecule has 2 heteroatoms. The van der Waals surface area contributed by atoms with Gasteiger partial charge in [-0.2, -0.15) is 0 Å². The molecule has 1 nitrogen and oxygen atoms in total. The molecule has 0 amide bonds. The first-order chi connectivity index (χ1) is 26.8. The van der Waals surface area contributed by atoms with Crippen molar-refractivity contribution in [3.8, 4) is 33.4 Å². The zero-order valence-electron chi connectivity index (χ0n) is 29.1. The van der Waals surface area contributed by atoms with Crippen LogP contribution in [0.2, 0.25) is 0 Å². The van der Waals surface area contributed by atoms with Gasteiger partial charge < -0.3 is 4.42 Å². The van der Waals surface area contributed by atoms with Crippen LogP contribution < -0.4 is 0 Å². The SMILES string of the molecule is c1ccc2c(-c3c4ccccc4c(-c4ccc5c(c4)oc4cc(-c6cc7sc8ccccc8c7c7ccccc67)ccc45)c4ccccc34)cccc2c1. The fraction of sp³-hybridized carbons (Fsp3) is 0. The Bertz CT molecular complexity index is 3450. The molecule has 2 aromatic heterocycles. The van der Waals surface area contributed by atoms with Gasteiger partial charge in [0.1, 0.15) is 11.2 Å². The van der Waals surface area contributed by atoms with E-state index in [4.69, 9.17) is 4.42 Å². The molecular weight excluding hydrogens is 673 g/mol. The molecule has 0 saturated heterocycles. The van der Waals surface area contributed by atoms with Crippen LogP contribution in [0.15, 0.2) is 186 Å². The average molecular weight is 703 g/mol. The van der Waals surface area contributed by atoms with Crippen molar-refractivity contribution >= 4 is 96.5 Å². The summed E-state index contributed by atoms with van der Waals surface area (Å²) in [5.74, 6) is 0. The topological polar surface area (TPSA) is 13.1 Å². The fourth-order valence-corrected chi connectivity index (χ4v) is 10.3. The second-order valence-corrected chi connectivity index (χ2v) is 15.4. The molecule has 54 heavy (non-hydrogen) atoms. The molecule has 0 bridgehead atoms. The molecule has 10 aromatic carbocycles. The molecule has 0 unspecified atom stereocenters. The highest BCUT2D eigenvalue weighted by Crippen LogP contribution is 2.47. The summed E-state index contributed by atoms with van der Waals surface area (Å²) in [6, 6.07) is 66.6. The van der Waals surface area contributed by atoms with Gasteiger partial charge in [-0.25, -0.2) is 0 Å². The molecule has 2 heterocycles. The van der Waals surface area contributed by atoms with Crippen LogP contribution in [0, 0.1) is 0 Å². The molecule has 250 valence electrons. The quantitative estimate of drug-likeness (QED) is 0.167. The zero-order chi connectivity index (χ0) is 35.3. The minimum atomic E-state index is 0.899. The highest BCUT2D eigenvalue weighted by atomic mass is 32.1. The summed E-state index contributed by atoms with van der Waals surface area (Å²) in [4.78, 5) is 0. The van der Waals surface area contributed by atoms with E-state index >= 15 is 0 Å². The number of rotatable bonds is 3. The van der Waals surface area contributed by atoms with Gasteiger partial charge in [0.25, 0.3) is 0 Å². The molecular formula is C52H30OS. The molecule has 0 fully saturated rings. The van der Waals surface area contributed by atoms with Crippen molar-refractivity contribution < 1.29 is 4.42 Å². The number of benzene rings is 10. The Morgan fingerprint density at radius 3 is 1.57 bits per heavy atom. The Morgan fingerprint density at radius 1 is 0.315 bits per heavy atom. The van der Waals surface area contributed by atoms with Gasteiger partial charge >= 0.3 is 0 Å². The Kier molecular flexibility index (Phi) is 6.28. The Balaban J connectivity index is 1.06. The van der Waals surface area contributed by atoms with E-state index in [-0.39, 0.29) is 0 Å². The van der Waals surface area contributed by atoms with E-state index in [2.05, 4.69) is 182 Å². The van der Waals surface area contributed by atoms with Crippen molar-refractivity contribution in [3.05, 3.63) is 182 Å². The van der Waals surface area contributed by atoms with Crippen molar-refractivity contribution in [2.75, 3.05) is 0 Å². The fourth-order valence-electron chi connectivity index (χ4n) is 9.10. The van der Waals surface area contributed by atoms with Crippen molar-refractivity contribution in [1.82, 2.24) is 0 Å². The molecule has 0 atom stereocenters. The molecule has 0 spiro atoms. The van der Waals surface area contributed by atoms with E-state index in [0.29, 0.717) is 0 Å². The largest absolute Gasteiger partial charge is 0.456 e. The molecule has 0 saturated carbocycles.